The molecule has 0 bridgehead atoms. The lowest BCUT2D eigenvalue weighted by Crippen LogP contribution is -2.82. The first-order valence-corrected chi connectivity index (χ1v) is 6.64. The maximum atomic E-state index is 2.42. The van der Waals surface area contributed by atoms with Crippen LogP contribution in [0.2, 0.25) is 0 Å². The SMILES string of the molecule is CCCCC[NH2+]Cc1ccc(C(C)C)cc1. The van der Waals surface area contributed by atoms with Crippen molar-refractivity contribution in [3.63, 3.8) is 0 Å². The van der Waals surface area contributed by atoms with Crippen LogP contribution in [0.25, 0.3) is 0 Å². The molecule has 1 aromatic rings. The number of nitrogens with two attached hydrogens (primary N) is 1. The van der Waals surface area contributed by atoms with Crippen molar-refractivity contribution in [2.75, 3.05) is 6.54 Å². The molecule has 0 aliphatic carbocycles. The Labute approximate surface area is 100 Å². The van der Waals surface area contributed by atoms with E-state index in [1.165, 1.54) is 36.9 Å². The summed E-state index contributed by atoms with van der Waals surface area (Å²) in [5.41, 5.74) is 2.88. The number of unbranched alkanes of at least 4 members (excludes halogenated alkanes) is 2. The first-order chi connectivity index (χ1) is 7.74. The van der Waals surface area contributed by atoms with E-state index in [1.807, 2.05) is 0 Å². The zero-order chi connectivity index (χ0) is 11.8. The fourth-order valence-electron chi connectivity index (χ4n) is 1.85. The summed E-state index contributed by atoms with van der Waals surface area (Å²) in [6, 6.07) is 9.07. The third-order valence-electron chi connectivity index (χ3n) is 3.04. The van der Waals surface area contributed by atoms with Crippen molar-refractivity contribution in [3.8, 4) is 0 Å². The molecule has 1 nitrogen and oxygen atoms in total. The molecular weight excluding hydrogens is 194 g/mol. The quantitative estimate of drug-likeness (QED) is 0.680. The predicted octanol–water partition coefficient (Wildman–Crippen LogP) is 3.06. The van der Waals surface area contributed by atoms with Crippen LogP contribution in [0.3, 0.4) is 0 Å². The lowest BCUT2D eigenvalue weighted by Gasteiger charge is -2.06. The lowest BCUT2D eigenvalue weighted by atomic mass is 10.0. The molecule has 0 saturated heterocycles. The molecular formula is C15H26N+. The van der Waals surface area contributed by atoms with Crippen LogP contribution < -0.4 is 5.32 Å². The molecule has 0 atom stereocenters. The van der Waals surface area contributed by atoms with Gasteiger partial charge in [0.1, 0.15) is 6.54 Å². The summed E-state index contributed by atoms with van der Waals surface area (Å²) in [6.45, 7) is 9.13. The van der Waals surface area contributed by atoms with Crippen LogP contribution >= 0.6 is 0 Å². The van der Waals surface area contributed by atoms with E-state index in [2.05, 4.69) is 50.4 Å². The highest BCUT2D eigenvalue weighted by atomic mass is 14.8. The Kier molecular flexibility index (Phi) is 6.17. The highest BCUT2D eigenvalue weighted by Gasteiger charge is 1.99. The minimum absolute atomic E-state index is 0.641. The molecule has 0 radical (unpaired) electrons. The first-order valence-electron chi connectivity index (χ1n) is 6.64. The van der Waals surface area contributed by atoms with Gasteiger partial charge in [0.2, 0.25) is 0 Å². The minimum Gasteiger partial charge on any atom is -0.343 e. The highest BCUT2D eigenvalue weighted by Crippen LogP contribution is 2.14. The minimum atomic E-state index is 0.641. The second-order valence-electron chi connectivity index (χ2n) is 4.88. The molecule has 0 amide bonds. The van der Waals surface area contributed by atoms with Crippen molar-refractivity contribution in [1.29, 1.82) is 0 Å². The molecule has 1 heteroatoms. The Morgan fingerprint density at radius 2 is 1.75 bits per heavy atom. The van der Waals surface area contributed by atoms with E-state index in [0.29, 0.717) is 5.92 Å². The van der Waals surface area contributed by atoms with Gasteiger partial charge in [-0.25, -0.2) is 0 Å². The normalized spacial score (nSPS) is 11.0. The molecule has 0 spiro atoms. The van der Waals surface area contributed by atoms with Crippen LogP contribution in [0.5, 0.6) is 0 Å². The third kappa shape index (κ3) is 4.80. The van der Waals surface area contributed by atoms with E-state index in [0.717, 1.165) is 6.54 Å². The molecule has 1 rings (SSSR count). The molecule has 1 aromatic carbocycles. The van der Waals surface area contributed by atoms with E-state index in [-0.39, 0.29) is 0 Å². The van der Waals surface area contributed by atoms with Crippen LogP contribution in [-0.4, -0.2) is 6.54 Å². The standard InChI is InChI=1S/C15H25N/c1-4-5-6-11-16-12-14-7-9-15(10-8-14)13(2)3/h7-10,13,16H,4-6,11-12H2,1-3H3/p+1. The van der Waals surface area contributed by atoms with Gasteiger partial charge in [0.25, 0.3) is 0 Å². The summed E-state index contributed by atoms with van der Waals surface area (Å²) in [4.78, 5) is 0. The number of hydrogen-bond donors (Lipinski definition) is 1. The molecule has 0 saturated carbocycles. The maximum absolute atomic E-state index is 2.42. The Balaban J connectivity index is 2.27. The van der Waals surface area contributed by atoms with Gasteiger partial charge in [0.05, 0.1) is 6.54 Å². The van der Waals surface area contributed by atoms with E-state index >= 15 is 0 Å². The van der Waals surface area contributed by atoms with Gasteiger partial charge in [0, 0.05) is 5.56 Å². The zero-order valence-corrected chi connectivity index (χ0v) is 11.0. The summed E-state index contributed by atoms with van der Waals surface area (Å²) in [5.74, 6) is 0.641. The van der Waals surface area contributed by atoms with Gasteiger partial charge in [-0.1, -0.05) is 51.5 Å². The van der Waals surface area contributed by atoms with E-state index in [9.17, 15) is 0 Å². The Hall–Kier alpha value is -0.820. The van der Waals surface area contributed by atoms with Gasteiger partial charge in [-0.3, -0.25) is 0 Å². The molecule has 0 fully saturated rings. The maximum Gasteiger partial charge on any atom is 0.101 e. The van der Waals surface area contributed by atoms with Gasteiger partial charge >= 0.3 is 0 Å². The smallest absolute Gasteiger partial charge is 0.101 e. The van der Waals surface area contributed by atoms with E-state index in [4.69, 9.17) is 0 Å². The number of hydrogen-bond acceptors (Lipinski definition) is 0. The molecule has 0 unspecified atom stereocenters. The second-order valence-corrected chi connectivity index (χ2v) is 4.88. The monoisotopic (exact) mass is 220 g/mol. The van der Waals surface area contributed by atoms with Gasteiger partial charge in [-0.2, -0.15) is 0 Å². The van der Waals surface area contributed by atoms with Crippen molar-refractivity contribution in [2.24, 2.45) is 0 Å². The Morgan fingerprint density at radius 1 is 1.06 bits per heavy atom. The van der Waals surface area contributed by atoms with Crippen LogP contribution in [-0.2, 0) is 6.54 Å². The van der Waals surface area contributed by atoms with Crippen molar-refractivity contribution < 1.29 is 5.32 Å². The van der Waals surface area contributed by atoms with Crippen LogP contribution in [0.4, 0.5) is 0 Å². The Bertz CT molecular complexity index is 274. The molecule has 0 heterocycles. The summed E-state index contributed by atoms with van der Waals surface area (Å²) in [6.07, 6.45) is 4.03. The summed E-state index contributed by atoms with van der Waals surface area (Å²) >= 11 is 0. The third-order valence-corrected chi connectivity index (χ3v) is 3.04. The molecule has 2 N–H and O–H groups in total. The average molecular weight is 220 g/mol. The lowest BCUT2D eigenvalue weighted by molar-refractivity contribution is -0.671. The van der Waals surface area contributed by atoms with E-state index < -0.39 is 0 Å². The van der Waals surface area contributed by atoms with Gasteiger partial charge in [-0.15, -0.1) is 0 Å². The van der Waals surface area contributed by atoms with Crippen molar-refractivity contribution in [1.82, 2.24) is 0 Å². The molecule has 0 aliphatic heterocycles. The van der Waals surface area contributed by atoms with Crippen molar-refractivity contribution in [2.45, 2.75) is 52.5 Å². The topological polar surface area (TPSA) is 16.6 Å². The number of quaternary nitrogens is 1. The molecule has 90 valence electrons. The summed E-state index contributed by atoms with van der Waals surface area (Å²) in [5, 5.41) is 2.42. The van der Waals surface area contributed by atoms with Gasteiger partial charge in [-0.05, 0) is 24.3 Å². The first kappa shape index (κ1) is 13.2. The highest BCUT2D eigenvalue weighted by molar-refractivity contribution is 5.23. The van der Waals surface area contributed by atoms with Gasteiger partial charge in [0.15, 0.2) is 0 Å². The van der Waals surface area contributed by atoms with E-state index in [1.54, 1.807) is 0 Å². The Morgan fingerprint density at radius 3 is 2.31 bits per heavy atom. The average Bonchev–Trinajstić information content (AvgIpc) is 2.29. The van der Waals surface area contributed by atoms with Crippen LogP contribution in [0.1, 0.15) is 57.1 Å². The molecule has 0 aliphatic rings. The van der Waals surface area contributed by atoms with Crippen molar-refractivity contribution in [3.05, 3.63) is 35.4 Å². The van der Waals surface area contributed by atoms with Gasteiger partial charge < -0.3 is 5.32 Å². The number of rotatable bonds is 7. The summed E-state index contributed by atoms with van der Waals surface area (Å²) < 4.78 is 0. The van der Waals surface area contributed by atoms with Crippen molar-refractivity contribution >= 4 is 0 Å². The van der Waals surface area contributed by atoms with Crippen LogP contribution in [0.15, 0.2) is 24.3 Å². The predicted molar refractivity (Wildman–Crippen MR) is 70.6 cm³/mol. The largest absolute Gasteiger partial charge is 0.343 e. The second kappa shape index (κ2) is 7.45. The zero-order valence-electron chi connectivity index (χ0n) is 11.0. The number of benzene rings is 1. The summed E-state index contributed by atoms with van der Waals surface area (Å²) in [7, 11) is 0. The fourth-order valence-corrected chi connectivity index (χ4v) is 1.85. The van der Waals surface area contributed by atoms with Crippen LogP contribution in [0, 0.1) is 0 Å². The molecule has 0 aromatic heterocycles. The fraction of sp³-hybridized carbons (Fsp3) is 0.600. The molecule has 16 heavy (non-hydrogen) atoms.